The minimum Gasteiger partial charge on any atom is -0.477 e. The SMILES string of the molecule is CCCOc1nc(Nc2cccc(C)c2)ncc1C(F)(F)F. The summed E-state index contributed by atoms with van der Waals surface area (Å²) in [5.74, 6) is -0.399. The number of aryl methyl sites for hydroxylation is 1. The molecule has 7 heteroatoms. The summed E-state index contributed by atoms with van der Waals surface area (Å²) in [4.78, 5) is 7.55. The zero-order valence-electron chi connectivity index (χ0n) is 12.2. The first-order valence-electron chi connectivity index (χ1n) is 6.81. The van der Waals surface area contributed by atoms with Crippen molar-refractivity contribution in [3.8, 4) is 5.88 Å². The van der Waals surface area contributed by atoms with Gasteiger partial charge < -0.3 is 10.1 Å². The number of ether oxygens (including phenoxy) is 1. The second kappa shape index (κ2) is 6.64. The Labute approximate surface area is 126 Å². The molecular weight excluding hydrogens is 295 g/mol. The molecule has 0 aliphatic rings. The van der Waals surface area contributed by atoms with E-state index >= 15 is 0 Å². The van der Waals surface area contributed by atoms with Crippen LogP contribution in [0.25, 0.3) is 0 Å². The maximum Gasteiger partial charge on any atom is 0.423 e. The first-order valence-corrected chi connectivity index (χ1v) is 6.81. The van der Waals surface area contributed by atoms with E-state index in [9.17, 15) is 13.2 Å². The molecule has 0 aliphatic carbocycles. The number of nitrogens with one attached hydrogen (secondary N) is 1. The molecule has 118 valence electrons. The van der Waals surface area contributed by atoms with E-state index in [2.05, 4.69) is 15.3 Å². The molecule has 2 aromatic rings. The molecule has 0 radical (unpaired) electrons. The van der Waals surface area contributed by atoms with Crippen molar-refractivity contribution in [2.75, 3.05) is 11.9 Å². The lowest BCUT2D eigenvalue weighted by Crippen LogP contribution is -2.12. The standard InChI is InChI=1S/C15H16F3N3O/c1-3-7-22-13-12(15(16,17)18)9-19-14(21-13)20-11-6-4-5-10(2)8-11/h4-6,8-9H,3,7H2,1-2H3,(H,19,20,21). The summed E-state index contributed by atoms with van der Waals surface area (Å²) in [5.41, 5.74) is 0.733. The first kappa shape index (κ1) is 16.1. The van der Waals surface area contributed by atoms with Crippen molar-refractivity contribution < 1.29 is 17.9 Å². The van der Waals surface area contributed by atoms with Gasteiger partial charge >= 0.3 is 6.18 Å². The molecule has 0 fully saturated rings. The number of benzene rings is 1. The van der Waals surface area contributed by atoms with Gasteiger partial charge in [-0.25, -0.2) is 4.98 Å². The topological polar surface area (TPSA) is 47.0 Å². The summed E-state index contributed by atoms with van der Waals surface area (Å²) < 4.78 is 43.8. The number of aromatic nitrogens is 2. The Morgan fingerprint density at radius 1 is 1.27 bits per heavy atom. The van der Waals surface area contributed by atoms with Gasteiger partial charge in [0.05, 0.1) is 6.61 Å². The Balaban J connectivity index is 2.29. The van der Waals surface area contributed by atoms with Crippen LogP contribution in [-0.4, -0.2) is 16.6 Å². The average Bonchev–Trinajstić information content (AvgIpc) is 2.44. The third kappa shape index (κ3) is 4.09. The van der Waals surface area contributed by atoms with Crippen LogP contribution in [0, 0.1) is 6.92 Å². The van der Waals surface area contributed by atoms with Gasteiger partial charge in [0.15, 0.2) is 0 Å². The number of hydrogen-bond acceptors (Lipinski definition) is 4. The van der Waals surface area contributed by atoms with Crippen LogP contribution in [0.1, 0.15) is 24.5 Å². The molecule has 22 heavy (non-hydrogen) atoms. The summed E-state index contributed by atoms with van der Waals surface area (Å²) >= 11 is 0. The second-order valence-corrected chi connectivity index (χ2v) is 4.75. The van der Waals surface area contributed by atoms with Gasteiger partial charge in [-0.1, -0.05) is 19.1 Å². The zero-order chi connectivity index (χ0) is 16.2. The molecule has 4 nitrogen and oxygen atoms in total. The van der Waals surface area contributed by atoms with E-state index in [1.54, 1.807) is 13.0 Å². The number of hydrogen-bond donors (Lipinski definition) is 1. The smallest absolute Gasteiger partial charge is 0.423 e. The van der Waals surface area contributed by atoms with Gasteiger partial charge in [-0.2, -0.15) is 18.2 Å². The van der Waals surface area contributed by atoms with Crippen molar-refractivity contribution in [1.29, 1.82) is 0 Å². The van der Waals surface area contributed by atoms with Crippen molar-refractivity contribution in [3.63, 3.8) is 0 Å². The van der Waals surface area contributed by atoms with E-state index in [1.807, 2.05) is 25.1 Å². The van der Waals surface area contributed by atoms with Crippen LogP contribution in [0.15, 0.2) is 30.5 Å². The van der Waals surface area contributed by atoms with Crippen LogP contribution in [0.5, 0.6) is 5.88 Å². The van der Waals surface area contributed by atoms with E-state index in [-0.39, 0.29) is 12.6 Å². The lowest BCUT2D eigenvalue weighted by Gasteiger charge is -2.13. The van der Waals surface area contributed by atoms with Gasteiger partial charge in [0, 0.05) is 11.9 Å². The predicted molar refractivity (Wildman–Crippen MR) is 77.3 cm³/mol. The molecule has 1 aromatic heterocycles. The zero-order valence-corrected chi connectivity index (χ0v) is 12.2. The fourth-order valence-electron chi connectivity index (χ4n) is 1.78. The summed E-state index contributed by atoms with van der Waals surface area (Å²) in [6.07, 6.45) is -3.23. The summed E-state index contributed by atoms with van der Waals surface area (Å²) in [7, 11) is 0. The highest BCUT2D eigenvalue weighted by molar-refractivity contribution is 5.54. The minimum absolute atomic E-state index is 0.0599. The molecule has 2 rings (SSSR count). The van der Waals surface area contributed by atoms with Crippen molar-refractivity contribution in [2.45, 2.75) is 26.4 Å². The van der Waals surface area contributed by atoms with E-state index < -0.39 is 17.6 Å². The molecule has 0 aliphatic heterocycles. The Morgan fingerprint density at radius 2 is 2.05 bits per heavy atom. The van der Waals surface area contributed by atoms with Gasteiger partial charge in [0.1, 0.15) is 5.56 Å². The molecule has 0 unspecified atom stereocenters. The average molecular weight is 311 g/mol. The van der Waals surface area contributed by atoms with Crippen LogP contribution in [-0.2, 0) is 6.18 Å². The highest BCUT2D eigenvalue weighted by Gasteiger charge is 2.36. The Morgan fingerprint density at radius 3 is 2.68 bits per heavy atom. The Hall–Kier alpha value is -2.31. The molecule has 0 saturated carbocycles. The number of alkyl halides is 3. The van der Waals surface area contributed by atoms with Crippen LogP contribution in [0.3, 0.4) is 0 Å². The summed E-state index contributed by atoms with van der Waals surface area (Å²) in [6, 6.07) is 7.36. The highest BCUT2D eigenvalue weighted by atomic mass is 19.4. The Bertz CT molecular complexity index is 644. The maximum atomic E-state index is 12.9. The molecular formula is C15H16F3N3O. The maximum absolute atomic E-state index is 12.9. The fraction of sp³-hybridized carbons (Fsp3) is 0.333. The van der Waals surface area contributed by atoms with Gasteiger partial charge in [-0.15, -0.1) is 0 Å². The minimum atomic E-state index is -4.55. The number of rotatable bonds is 5. The number of halogens is 3. The van der Waals surface area contributed by atoms with E-state index in [0.717, 1.165) is 11.8 Å². The van der Waals surface area contributed by atoms with Crippen molar-refractivity contribution >= 4 is 11.6 Å². The van der Waals surface area contributed by atoms with Gasteiger partial charge in [0.25, 0.3) is 0 Å². The third-order valence-corrected chi connectivity index (χ3v) is 2.78. The second-order valence-electron chi connectivity index (χ2n) is 4.75. The van der Waals surface area contributed by atoms with Gasteiger partial charge in [-0.05, 0) is 31.0 Å². The largest absolute Gasteiger partial charge is 0.477 e. The van der Waals surface area contributed by atoms with Crippen molar-refractivity contribution in [2.24, 2.45) is 0 Å². The van der Waals surface area contributed by atoms with Crippen LogP contribution in [0.2, 0.25) is 0 Å². The monoisotopic (exact) mass is 311 g/mol. The third-order valence-electron chi connectivity index (χ3n) is 2.78. The molecule has 1 heterocycles. The van der Waals surface area contributed by atoms with Crippen molar-refractivity contribution in [1.82, 2.24) is 9.97 Å². The Kier molecular flexibility index (Phi) is 4.85. The molecule has 0 amide bonds. The molecule has 1 aromatic carbocycles. The lowest BCUT2D eigenvalue weighted by molar-refractivity contribution is -0.139. The summed E-state index contributed by atoms with van der Waals surface area (Å²) in [6.45, 7) is 3.87. The van der Waals surface area contributed by atoms with E-state index in [4.69, 9.17) is 4.74 Å². The van der Waals surface area contributed by atoms with Gasteiger partial charge in [0.2, 0.25) is 11.8 Å². The van der Waals surface area contributed by atoms with Crippen LogP contribution >= 0.6 is 0 Å². The molecule has 1 N–H and O–H groups in total. The lowest BCUT2D eigenvalue weighted by atomic mass is 10.2. The first-order chi connectivity index (χ1) is 10.4. The fourth-order valence-corrected chi connectivity index (χ4v) is 1.78. The molecule has 0 saturated heterocycles. The van der Waals surface area contributed by atoms with Crippen LogP contribution in [0.4, 0.5) is 24.8 Å². The van der Waals surface area contributed by atoms with E-state index in [0.29, 0.717) is 12.1 Å². The summed E-state index contributed by atoms with van der Waals surface area (Å²) in [5, 5.41) is 2.87. The quantitative estimate of drug-likeness (QED) is 0.892. The number of nitrogens with zero attached hydrogens (tertiary/aromatic N) is 2. The van der Waals surface area contributed by atoms with E-state index in [1.165, 1.54) is 0 Å². The van der Waals surface area contributed by atoms with Gasteiger partial charge in [-0.3, -0.25) is 0 Å². The van der Waals surface area contributed by atoms with Crippen molar-refractivity contribution in [3.05, 3.63) is 41.6 Å². The number of anilines is 2. The molecule has 0 atom stereocenters. The normalized spacial score (nSPS) is 11.3. The molecule has 0 bridgehead atoms. The predicted octanol–water partition coefficient (Wildman–Crippen LogP) is 4.34. The highest BCUT2D eigenvalue weighted by Crippen LogP contribution is 2.35. The van der Waals surface area contributed by atoms with Crippen LogP contribution < -0.4 is 10.1 Å². The molecule has 0 spiro atoms.